The van der Waals surface area contributed by atoms with E-state index in [2.05, 4.69) is 45.3 Å². The van der Waals surface area contributed by atoms with Crippen molar-refractivity contribution in [2.24, 2.45) is 4.99 Å². The monoisotopic (exact) mass is 921 g/mol. The number of anilines is 2. The number of aliphatic imine (C=N–C) groups is 1. The van der Waals surface area contributed by atoms with E-state index in [0.717, 1.165) is 38.1 Å². The first-order valence-electron chi connectivity index (χ1n) is 21.3. The van der Waals surface area contributed by atoms with E-state index in [0.29, 0.717) is 80.6 Å². The van der Waals surface area contributed by atoms with Crippen LogP contribution in [0.1, 0.15) is 79.2 Å². The average Bonchev–Trinajstić information content (AvgIpc) is 3.87. The molecule has 19 heteroatoms. The maximum absolute atomic E-state index is 13.5. The third-order valence-electron chi connectivity index (χ3n) is 11.2. The second-order valence-electron chi connectivity index (χ2n) is 15.6. The third kappa shape index (κ3) is 10.0. The molecular formula is C46H48ClN9O8S. The number of fused-ring (bicyclic) bond motifs is 4. The molecule has 5 amide bonds. The van der Waals surface area contributed by atoms with Gasteiger partial charge in [-0.25, -0.2) is 0 Å². The SMILES string of the molecule is Cc1sc2c(c1C)C(c1ccc(Cl)cc1)=N[C@@H](CC(=O)Nc1ccc(OCCNCCOCCOCCNc3cccc4c3C(=O)N(C3CCC(=O)NC3=O)C4=O)cc1)c1nnc(C)n1-2. The molecule has 1 saturated heterocycles. The molecule has 0 saturated carbocycles. The van der Waals surface area contributed by atoms with Gasteiger partial charge in [0.25, 0.3) is 11.8 Å². The number of hydrogen-bond donors (Lipinski definition) is 4. The average molecular weight is 922 g/mol. The Kier molecular flexibility index (Phi) is 14.1. The van der Waals surface area contributed by atoms with E-state index in [4.69, 9.17) is 30.8 Å². The summed E-state index contributed by atoms with van der Waals surface area (Å²) in [5.74, 6) is -0.397. The molecule has 0 bridgehead atoms. The number of nitrogens with one attached hydrogen (secondary N) is 4. The Bertz CT molecular complexity index is 2650. The Morgan fingerprint density at radius 2 is 1.60 bits per heavy atom. The van der Waals surface area contributed by atoms with E-state index in [9.17, 15) is 24.0 Å². The maximum atomic E-state index is 13.5. The van der Waals surface area contributed by atoms with Crippen molar-refractivity contribution in [3.63, 3.8) is 0 Å². The largest absolute Gasteiger partial charge is 0.492 e. The molecule has 0 spiro atoms. The zero-order valence-electron chi connectivity index (χ0n) is 36.1. The number of rotatable bonds is 19. The van der Waals surface area contributed by atoms with Gasteiger partial charge in [0.2, 0.25) is 17.7 Å². The predicted molar refractivity (Wildman–Crippen MR) is 245 cm³/mol. The number of aryl methyl sites for hydroxylation is 2. The number of imide groups is 2. The van der Waals surface area contributed by atoms with Crippen molar-refractivity contribution in [2.75, 3.05) is 63.3 Å². The molecule has 17 nitrogen and oxygen atoms in total. The van der Waals surface area contributed by atoms with Gasteiger partial charge in [0.15, 0.2) is 5.82 Å². The van der Waals surface area contributed by atoms with Crippen molar-refractivity contribution in [2.45, 2.75) is 52.1 Å². The Morgan fingerprint density at radius 3 is 2.35 bits per heavy atom. The van der Waals surface area contributed by atoms with Crippen LogP contribution in [0.4, 0.5) is 11.4 Å². The predicted octanol–water partition coefficient (Wildman–Crippen LogP) is 5.34. The summed E-state index contributed by atoms with van der Waals surface area (Å²) in [6, 6.07) is 18.1. The van der Waals surface area contributed by atoms with Crippen LogP contribution in [0.15, 0.2) is 71.7 Å². The molecule has 5 aromatic rings. The van der Waals surface area contributed by atoms with Gasteiger partial charge >= 0.3 is 0 Å². The first-order chi connectivity index (χ1) is 31.5. The van der Waals surface area contributed by atoms with E-state index in [1.807, 2.05) is 47.9 Å². The highest BCUT2D eigenvalue weighted by Gasteiger charge is 2.45. The molecule has 0 radical (unpaired) electrons. The van der Waals surface area contributed by atoms with Gasteiger partial charge in [-0.2, -0.15) is 0 Å². The van der Waals surface area contributed by atoms with Crippen molar-refractivity contribution < 1.29 is 38.2 Å². The standard InChI is InChI=1S/C46H48ClN9O8S/c1-26-27(2)65-46-39(26)41(29-7-9-30(47)10-8-29)51-35(42-54-53-28(3)55(42)46)25-38(58)50-31-11-13-32(14-12-31)64-22-18-48-17-20-62-23-24-63-21-19-49-34-6-4-5-33-40(34)45(61)56(44(33)60)36-15-16-37(57)52-43(36)59/h4-14,35-36,48-49H,15-25H2,1-3H3,(H,50,58)(H,52,57,59)/t35-,36?/m0/s1. The zero-order chi connectivity index (χ0) is 45.6. The third-order valence-corrected chi connectivity index (χ3v) is 12.7. The molecule has 1 fully saturated rings. The summed E-state index contributed by atoms with van der Waals surface area (Å²) in [5, 5.41) is 22.1. The second-order valence-corrected chi connectivity index (χ2v) is 17.2. The summed E-state index contributed by atoms with van der Waals surface area (Å²) in [7, 11) is 0. The topological polar surface area (TPSA) is 207 Å². The number of piperidine rings is 1. The highest BCUT2D eigenvalue weighted by molar-refractivity contribution is 7.15. The molecule has 338 valence electrons. The smallest absolute Gasteiger partial charge is 0.264 e. The number of carbonyl (C=O) groups is 5. The van der Waals surface area contributed by atoms with Crippen molar-refractivity contribution >= 4 is 69.6 Å². The molecule has 0 aliphatic carbocycles. The van der Waals surface area contributed by atoms with Crippen LogP contribution in [0, 0.1) is 20.8 Å². The van der Waals surface area contributed by atoms with E-state index in [1.165, 1.54) is 4.88 Å². The van der Waals surface area contributed by atoms with Crippen molar-refractivity contribution in [1.82, 2.24) is 30.3 Å². The van der Waals surface area contributed by atoms with E-state index >= 15 is 0 Å². The van der Waals surface area contributed by atoms with E-state index in [1.54, 1.807) is 41.7 Å². The Hall–Kier alpha value is -6.31. The van der Waals surface area contributed by atoms with Gasteiger partial charge in [-0.1, -0.05) is 29.8 Å². The number of amides is 5. The number of thiophene rings is 1. The lowest BCUT2D eigenvalue weighted by molar-refractivity contribution is -0.136. The fraction of sp³-hybridized carbons (Fsp3) is 0.348. The molecule has 3 aromatic carbocycles. The van der Waals surface area contributed by atoms with E-state index < -0.39 is 35.7 Å². The van der Waals surface area contributed by atoms with Crippen LogP contribution in [0.3, 0.4) is 0 Å². The van der Waals surface area contributed by atoms with Crippen LogP contribution in [-0.4, -0.2) is 114 Å². The summed E-state index contributed by atoms with van der Waals surface area (Å²) < 4.78 is 19.2. The molecule has 65 heavy (non-hydrogen) atoms. The Morgan fingerprint density at radius 1 is 0.862 bits per heavy atom. The summed E-state index contributed by atoms with van der Waals surface area (Å²) >= 11 is 7.90. The van der Waals surface area contributed by atoms with Crippen LogP contribution >= 0.6 is 22.9 Å². The number of aromatic nitrogens is 3. The number of ether oxygens (including phenoxy) is 3. The summed E-state index contributed by atoms with van der Waals surface area (Å²) in [6.07, 6.45) is 0.212. The summed E-state index contributed by atoms with van der Waals surface area (Å²) in [6.45, 7) is 9.69. The quantitative estimate of drug-likeness (QED) is 0.0612. The molecule has 5 heterocycles. The summed E-state index contributed by atoms with van der Waals surface area (Å²) in [5.41, 5.74) is 5.34. The van der Waals surface area contributed by atoms with Gasteiger partial charge in [-0.3, -0.25) is 43.7 Å². The van der Waals surface area contributed by atoms with Crippen LogP contribution in [0.5, 0.6) is 5.75 Å². The highest BCUT2D eigenvalue weighted by atomic mass is 35.5. The number of hydrogen-bond acceptors (Lipinski definition) is 14. The fourth-order valence-corrected chi connectivity index (χ4v) is 9.25. The lowest BCUT2D eigenvalue weighted by Crippen LogP contribution is -2.54. The maximum Gasteiger partial charge on any atom is 0.264 e. The number of carbonyl (C=O) groups excluding carboxylic acids is 5. The van der Waals surface area contributed by atoms with Gasteiger partial charge < -0.3 is 30.2 Å². The van der Waals surface area contributed by atoms with Crippen LogP contribution in [-0.2, 0) is 23.9 Å². The van der Waals surface area contributed by atoms with Crippen LogP contribution < -0.4 is 26.0 Å². The van der Waals surface area contributed by atoms with Gasteiger partial charge in [0.1, 0.15) is 35.3 Å². The first-order valence-corrected chi connectivity index (χ1v) is 22.5. The normalized spacial score (nSPS) is 16.7. The number of benzene rings is 3. The minimum absolute atomic E-state index is 0.0581. The molecule has 4 N–H and O–H groups in total. The second kappa shape index (κ2) is 20.2. The molecule has 1 unspecified atom stereocenters. The van der Waals surface area contributed by atoms with Crippen molar-refractivity contribution in [3.05, 3.63) is 116 Å². The zero-order valence-corrected chi connectivity index (χ0v) is 37.6. The minimum atomic E-state index is -1.02. The Labute approximate surface area is 383 Å². The number of nitrogens with zero attached hydrogens (tertiary/aromatic N) is 5. The molecule has 3 aliphatic heterocycles. The van der Waals surface area contributed by atoms with Gasteiger partial charge in [-0.05, 0) is 81.3 Å². The lowest BCUT2D eigenvalue weighted by Gasteiger charge is -2.27. The molecule has 8 rings (SSSR count). The van der Waals surface area contributed by atoms with Gasteiger partial charge in [-0.15, -0.1) is 21.5 Å². The number of halogens is 1. The van der Waals surface area contributed by atoms with Crippen molar-refractivity contribution in [3.8, 4) is 10.8 Å². The highest BCUT2D eigenvalue weighted by Crippen LogP contribution is 2.40. The molecule has 3 aliphatic rings. The summed E-state index contributed by atoms with van der Waals surface area (Å²) in [4.78, 5) is 71.1. The van der Waals surface area contributed by atoms with Gasteiger partial charge in [0.05, 0.1) is 49.7 Å². The van der Waals surface area contributed by atoms with Crippen molar-refractivity contribution in [1.29, 1.82) is 0 Å². The van der Waals surface area contributed by atoms with Gasteiger partial charge in [0, 0.05) is 58.5 Å². The fourth-order valence-electron chi connectivity index (χ4n) is 7.91. The Balaban J connectivity index is 0.716. The first kappa shape index (κ1) is 45.3. The molecule has 2 aromatic heterocycles. The molecular weight excluding hydrogens is 874 g/mol. The lowest BCUT2D eigenvalue weighted by atomic mass is 9.99. The minimum Gasteiger partial charge on any atom is -0.492 e. The van der Waals surface area contributed by atoms with E-state index in [-0.39, 0.29) is 36.3 Å². The van der Waals surface area contributed by atoms with Crippen LogP contribution in [0.2, 0.25) is 5.02 Å². The van der Waals surface area contributed by atoms with Crippen LogP contribution in [0.25, 0.3) is 5.00 Å². The molecule has 2 atom stereocenters.